The van der Waals surface area contributed by atoms with E-state index in [0.717, 1.165) is 11.4 Å². The lowest BCUT2D eigenvalue weighted by Crippen LogP contribution is -2.36. The fraction of sp³-hybridized carbons (Fsp3) is 0.250. The first-order valence-corrected chi connectivity index (χ1v) is 5.69. The van der Waals surface area contributed by atoms with Gasteiger partial charge in [0.15, 0.2) is 0 Å². The molecule has 2 amide bonds. The van der Waals surface area contributed by atoms with Gasteiger partial charge in [0.05, 0.1) is 24.0 Å². The van der Waals surface area contributed by atoms with Crippen LogP contribution in [0.1, 0.15) is 24.4 Å². The molecule has 0 fully saturated rings. The van der Waals surface area contributed by atoms with Crippen LogP contribution < -0.4 is 10.6 Å². The molecule has 3 N–H and O–H groups in total. The molecule has 0 aliphatic heterocycles. The smallest absolute Gasteiger partial charge is 0.315 e. The van der Waals surface area contributed by atoms with Crippen molar-refractivity contribution in [3.05, 3.63) is 48.0 Å². The van der Waals surface area contributed by atoms with Gasteiger partial charge in [-0.2, -0.15) is 5.10 Å². The first-order valence-electron chi connectivity index (χ1n) is 5.69. The Morgan fingerprint density at radius 3 is 2.94 bits per heavy atom. The van der Waals surface area contributed by atoms with E-state index in [1.165, 1.54) is 0 Å². The van der Waals surface area contributed by atoms with E-state index in [1.54, 1.807) is 12.4 Å². The molecule has 0 saturated heterocycles. The largest absolute Gasteiger partial charge is 0.333 e. The van der Waals surface area contributed by atoms with Crippen LogP contribution in [0.5, 0.6) is 0 Å². The van der Waals surface area contributed by atoms with Gasteiger partial charge in [0.25, 0.3) is 0 Å². The molecule has 0 radical (unpaired) electrons. The Morgan fingerprint density at radius 2 is 2.28 bits per heavy atom. The third kappa shape index (κ3) is 3.31. The minimum absolute atomic E-state index is 0.132. The maximum absolute atomic E-state index is 11.6. The number of nitrogens with zero attached hydrogens (tertiary/aromatic N) is 2. The first-order chi connectivity index (χ1) is 8.75. The average Bonchev–Trinajstić information content (AvgIpc) is 2.90. The second kappa shape index (κ2) is 5.81. The van der Waals surface area contributed by atoms with Crippen LogP contribution in [0, 0.1) is 0 Å². The summed E-state index contributed by atoms with van der Waals surface area (Å²) >= 11 is 0. The molecule has 0 unspecified atom stereocenters. The normalized spacial score (nSPS) is 11.8. The number of urea groups is 1. The number of amides is 2. The number of carbonyl (C=O) groups excluding carboxylic acids is 1. The second-order valence-corrected chi connectivity index (χ2v) is 3.89. The Labute approximate surface area is 105 Å². The molecule has 2 aromatic heterocycles. The molecule has 0 bridgehead atoms. The van der Waals surface area contributed by atoms with Gasteiger partial charge in [-0.05, 0) is 25.1 Å². The lowest BCUT2D eigenvalue weighted by molar-refractivity contribution is 0.237. The summed E-state index contributed by atoms with van der Waals surface area (Å²) in [7, 11) is 0. The quantitative estimate of drug-likeness (QED) is 0.760. The Morgan fingerprint density at radius 1 is 1.39 bits per heavy atom. The van der Waals surface area contributed by atoms with E-state index in [-0.39, 0.29) is 12.1 Å². The molecule has 0 aromatic carbocycles. The van der Waals surface area contributed by atoms with Gasteiger partial charge >= 0.3 is 6.03 Å². The highest BCUT2D eigenvalue weighted by molar-refractivity contribution is 5.74. The Hall–Kier alpha value is -2.37. The van der Waals surface area contributed by atoms with Crippen molar-refractivity contribution in [2.75, 3.05) is 0 Å². The molecule has 0 saturated carbocycles. The van der Waals surface area contributed by atoms with E-state index in [4.69, 9.17) is 0 Å². The highest BCUT2D eigenvalue weighted by atomic mass is 16.2. The number of hydrogen-bond donors (Lipinski definition) is 3. The van der Waals surface area contributed by atoms with Crippen molar-refractivity contribution in [2.45, 2.75) is 19.5 Å². The number of pyridine rings is 1. The fourth-order valence-electron chi connectivity index (χ4n) is 1.51. The van der Waals surface area contributed by atoms with E-state index in [1.807, 2.05) is 31.2 Å². The maximum atomic E-state index is 11.6. The summed E-state index contributed by atoms with van der Waals surface area (Å²) in [4.78, 5) is 15.8. The summed E-state index contributed by atoms with van der Waals surface area (Å²) in [6, 6.07) is 7.05. The molecule has 94 valence electrons. The van der Waals surface area contributed by atoms with Crippen LogP contribution in [0.15, 0.2) is 36.7 Å². The number of carbonyl (C=O) groups is 1. The summed E-state index contributed by atoms with van der Waals surface area (Å²) in [5.41, 5.74) is 1.69. The minimum atomic E-state index is -0.234. The van der Waals surface area contributed by atoms with Crippen LogP contribution >= 0.6 is 0 Å². The summed E-state index contributed by atoms with van der Waals surface area (Å²) in [5, 5.41) is 12.1. The summed E-state index contributed by atoms with van der Waals surface area (Å²) in [6.07, 6.45) is 3.35. The Kier molecular flexibility index (Phi) is 3.90. The number of H-pyrrole nitrogens is 1. The molecule has 2 heterocycles. The highest BCUT2D eigenvalue weighted by Crippen LogP contribution is 2.07. The van der Waals surface area contributed by atoms with Gasteiger partial charge < -0.3 is 10.6 Å². The van der Waals surface area contributed by atoms with E-state index in [9.17, 15) is 4.79 Å². The molecule has 6 heteroatoms. The summed E-state index contributed by atoms with van der Waals surface area (Å²) in [5.74, 6) is 0. The highest BCUT2D eigenvalue weighted by Gasteiger charge is 2.09. The van der Waals surface area contributed by atoms with Crippen LogP contribution in [0.3, 0.4) is 0 Å². The van der Waals surface area contributed by atoms with Gasteiger partial charge in [0, 0.05) is 12.4 Å². The van der Waals surface area contributed by atoms with Crippen molar-refractivity contribution in [3.63, 3.8) is 0 Å². The molecule has 0 aliphatic carbocycles. The third-order valence-electron chi connectivity index (χ3n) is 2.48. The monoisotopic (exact) mass is 245 g/mol. The van der Waals surface area contributed by atoms with E-state index < -0.39 is 0 Å². The Balaban J connectivity index is 1.80. The van der Waals surface area contributed by atoms with E-state index in [0.29, 0.717) is 6.54 Å². The average molecular weight is 245 g/mol. The zero-order valence-corrected chi connectivity index (χ0v) is 10.1. The number of aromatic amines is 1. The van der Waals surface area contributed by atoms with E-state index in [2.05, 4.69) is 25.8 Å². The molecule has 0 spiro atoms. The van der Waals surface area contributed by atoms with Crippen LogP contribution in [0.25, 0.3) is 0 Å². The van der Waals surface area contributed by atoms with Gasteiger partial charge in [-0.3, -0.25) is 10.1 Å². The van der Waals surface area contributed by atoms with Crippen LogP contribution in [0.4, 0.5) is 4.79 Å². The second-order valence-electron chi connectivity index (χ2n) is 3.89. The van der Waals surface area contributed by atoms with Crippen LogP contribution in [0.2, 0.25) is 0 Å². The lowest BCUT2D eigenvalue weighted by Gasteiger charge is -2.13. The fourth-order valence-corrected chi connectivity index (χ4v) is 1.51. The van der Waals surface area contributed by atoms with Gasteiger partial charge in [0.1, 0.15) is 0 Å². The maximum Gasteiger partial charge on any atom is 0.315 e. The number of hydrogen-bond acceptors (Lipinski definition) is 3. The van der Waals surface area contributed by atoms with Gasteiger partial charge in [0.2, 0.25) is 0 Å². The SMILES string of the molecule is C[C@@H](NC(=O)NCc1ccn[nH]1)c1ccccn1. The van der Waals surface area contributed by atoms with Crippen molar-refractivity contribution in [1.82, 2.24) is 25.8 Å². The van der Waals surface area contributed by atoms with Crippen molar-refractivity contribution in [2.24, 2.45) is 0 Å². The van der Waals surface area contributed by atoms with Gasteiger partial charge in [-0.15, -0.1) is 0 Å². The molecule has 18 heavy (non-hydrogen) atoms. The third-order valence-corrected chi connectivity index (χ3v) is 2.48. The van der Waals surface area contributed by atoms with Crippen molar-refractivity contribution >= 4 is 6.03 Å². The van der Waals surface area contributed by atoms with Crippen LogP contribution in [-0.4, -0.2) is 21.2 Å². The predicted molar refractivity (Wildman–Crippen MR) is 66.6 cm³/mol. The number of rotatable bonds is 4. The molecule has 2 aromatic rings. The summed E-state index contributed by atoms with van der Waals surface area (Å²) in [6.45, 7) is 2.30. The first kappa shape index (κ1) is 12.1. The van der Waals surface area contributed by atoms with Gasteiger partial charge in [-0.1, -0.05) is 6.07 Å². The van der Waals surface area contributed by atoms with Gasteiger partial charge in [-0.25, -0.2) is 4.79 Å². The van der Waals surface area contributed by atoms with Crippen molar-refractivity contribution in [1.29, 1.82) is 0 Å². The Bertz CT molecular complexity index is 482. The number of nitrogens with one attached hydrogen (secondary N) is 3. The standard InChI is InChI=1S/C12H15N5O/c1-9(11-4-2-3-6-13-11)16-12(18)14-8-10-5-7-15-17-10/h2-7,9H,8H2,1H3,(H,15,17)(H2,14,16,18)/t9-/m1/s1. The topological polar surface area (TPSA) is 82.7 Å². The molecule has 2 rings (SSSR count). The molecule has 1 atom stereocenters. The lowest BCUT2D eigenvalue weighted by atomic mass is 10.2. The van der Waals surface area contributed by atoms with Crippen molar-refractivity contribution in [3.8, 4) is 0 Å². The van der Waals surface area contributed by atoms with E-state index >= 15 is 0 Å². The predicted octanol–water partition coefficient (Wildman–Crippen LogP) is 1.37. The summed E-state index contributed by atoms with van der Waals surface area (Å²) < 4.78 is 0. The zero-order chi connectivity index (χ0) is 12.8. The number of aromatic nitrogens is 3. The zero-order valence-electron chi connectivity index (χ0n) is 10.1. The van der Waals surface area contributed by atoms with Crippen molar-refractivity contribution < 1.29 is 4.79 Å². The van der Waals surface area contributed by atoms with Crippen LogP contribution in [-0.2, 0) is 6.54 Å². The minimum Gasteiger partial charge on any atom is -0.333 e. The molecule has 0 aliphatic rings. The molecular weight excluding hydrogens is 230 g/mol. The molecular formula is C12H15N5O. The molecule has 6 nitrogen and oxygen atoms in total.